The van der Waals surface area contributed by atoms with Crippen LogP contribution < -0.4 is 4.72 Å². The normalized spacial score (nSPS) is 13.7. The number of rotatable bonds is 7. The van der Waals surface area contributed by atoms with Crippen LogP contribution in [0.15, 0.2) is 21.5 Å². The molecule has 1 N–H and O–H groups in total. The third-order valence-corrected chi connectivity index (χ3v) is 5.30. The lowest BCUT2D eigenvalue weighted by molar-refractivity contribution is 0.116. The average molecular weight is 386 g/mol. The van der Waals surface area contributed by atoms with Crippen LogP contribution in [-0.2, 0) is 14.8 Å². The molecule has 0 bridgehead atoms. The van der Waals surface area contributed by atoms with Crippen molar-refractivity contribution in [1.82, 2.24) is 4.72 Å². The van der Waals surface area contributed by atoms with E-state index >= 15 is 0 Å². The molecule has 0 amide bonds. The second-order valence-corrected chi connectivity index (χ2v) is 7.33. The molecule has 0 heterocycles. The Kier molecular flexibility index (Phi) is 6.71. The van der Waals surface area contributed by atoms with Gasteiger partial charge in [0.05, 0.1) is 6.61 Å². The van der Waals surface area contributed by atoms with E-state index < -0.39 is 32.6 Å². The summed E-state index contributed by atoms with van der Waals surface area (Å²) in [6.45, 7) is 6.06. The summed E-state index contributed by atoms with van der Waals surface area (Å²) in [5.74, 6) is -2.05. The monoisotopic (exact) mass is 385 g/mol. The molecular formula is C13H18BrF2NO3S. The van der Waals surface area contributed by atoms with Gasteiger partial charge in [0.1, 0.15) is 16.5 Å². The molecule has 1 unspecified atom stereocenters. The van der Waals surface area contributed by atoms with Crippen molar-refractivity contribution >= 4 is 26.0 Å². The van der Waals surface area contributed by atoms with E-state index in [4.69, 9.17) is 4.74 Å². The van der Waals surface area contributed by atoms with Crippen molar-refractivity contribution < 1.29 is 21.9 Å². The minimum Gasteiger partial charge on any atom is -0.380 e. The maximum Gasteiger partial charge on any atom is 0.244 e. The smallest absolute Gasteiger partial charge is 0.244 e. The fourth-order valence-corrected chi connectivity index (χ4v) is 4.19. The van der Waals surface area contributed by atoms with Crippen LogP contribution in [0.2, 0.25) is 0 Å². The highest BCUT2D eigenvalue weighted by Gasteiger charge is 2.28. The molecule has 4 nitrogen and oxygen atoms in total. The molecule has 0 aliphatic rings. The first-order valence-electron chi connectivity index (χ1n) is 6.43. The molecule has 1 atom stereocenters. The lowest BCUT2D eigenvalue weighted by Crippen LogP contribution is -2.42. The van der Waals surface area contributed by atoms with Crippen LogP contribution in [0.25, 0.3) is 0 Å². The molecule has 0 fully saturated rings. The first-order chi connectivity index (χ1) is 9.69. The van der Waals surface area contributed by atoms with Crippen molar-refractivity contribution in [2.75, 3.05) is 13.2 Å². The number of sulfonamides is 1. The lowest BCUT2D eigenvalue weighted by Gasteiger charge is -2.22. The van der Waals surface area contributed by atoms with Gasteiger partial charge in [0, 0.05) is 23.2 Å². The van der Waals surface area contributed by atoms with Crippen molar-refractivity contribution in [3.63, 3.8) is 0 Å². The Labute approximate surface area is 132 Å². The van der Waals surface area contributed by atoms with Gasteiger partial charge in [-0.1, -0.05) is 13.8 Å². The molecule has 1 rings (SSSR count). The zero-order valence-corrected chi connectivity index (χ0v) is 14.4. The van der Waals surface area contributed by atoms with Gasteiger partial charge in [0.15, 0.2) is 0 Å². The fourth-order valence-electron chi connectivity index (χ4n) is 1.65. The van der Waals surface area contributed by atoms with Gasteiger partial charge in [-0.3, -0.25) is 0 Å². The van der Waals surface area contributed by atoms with Crippen molar-refractivity contribution in [2.45, 2.75) is 31.7 Å². The predicted octanol–water partition coefficient (Wildman–Crippen LogP) is 3.07. The Balaban J connectivity index is 3.11. The van der Waals surface area contributed by atoms with E-state index in [0.717, 1.165) is 6.07 Å². The van der Waals surface area contributed by atoms with Crippen LogP contribution in [-0.4, -0.2) is 27.7 Å². The highest BCUT2D eigenvalue weighted by atomic mass is 79.9. The summed E-state index contributed by atoms with van der Waals surface area (Å²) in [5, 5.41) is 0. The average Bonchev–Trinajstić information content (AvgIpc) is 2.32. The number of hydrogen-bond acceptors (Lipinski definition) is 3. The molecule has 0 saturated heterocycles. The summed E-state index contributed by atoms with van der Waals surface area (Å²) in [5.41, 5.74) is 0. The highest BCUT2D eigenvalue weighted by Crippen LogP contribution is 2.26. The molecule has 8 heteroatoms. The van der Waals surface area contributed by atoms with Gasteiger partial charge >= 0.3 is 0 Å². The molecule has 0 radical (unpaired) electrons. The van der Waals surface area contributed by atoms with Crippen LogP contribution in [0.4, 0.5) is 8.78 Å². The fraction of sp³-hybridized carbons (Fsp3) is 0.538. The van der Waals surface area contributed by atoms with Crippen LogP contribution in [0.1, 0.15) is 20.8 Å². The molecule has 0 aliphatic carbocycles. The second-order valence-electron chi connectivity index (χ2n) is 4.83. The molecule has 120 valence electrons. The van der Waals surface area contributed by atoms with E-state index in [9.17, 15) is 17.2 Å². The Morgan fingerprint density at radius 2 is 1.95 bits per heavy atom. The van der Waals surface area contributed by atoms with Gasteiger partial charge in [0.25, 0.3) is 0 Å². The number of halogens is 3. The molecular weight excluding hydrogens is 368 g/mol. The summed E-state index contributed by atoms with van der Waals surface area (Å²) >= 11 is 2.88. The molecule has 0 aromatic heterocycles. The molecule has 1 aromatic carbocycles. The molecule has 0 aliphatic heterocycles. The SMILES string of the molecule is CCOCC(NS(=O)(=O)c1c(F)cc(F)cc1Br)C(C)C. The van der Waals surface area contributed by atoms with Crippen molar-refractivity contribution in [1.29, 1.82) is 0 Å². The maximum atomic E-state index is 13.8. The third kappa shape index (κ3) is 4.98. The predicted molar refractivity (Wildman–Crippen MR) is 79.5 cm³/mol. The van der Waals surface area contributed by atoms with Gasteiger partial charge in [-0.2, -0.15) is 0 Å². The van der Waals surface area contributed by atoms with Crippen LogP contribution >= 0.6 is 15.9 Å². The first kappa shape index (κ1) is 18.5. The molecule has 0 saturated carbocycles. The van der Waals surface area contributed by atoms with Gasteiger partial charge in [0.2, 0.25) is 10.0 Å². The van der Waals surface area contributed by atoms with E-state index in [1.165, 1.54) is 0 Å². The summed E-state index contributed by atoms with van der Waals surface area (Å²) in [6, 6.07) is 0.933. The second kappa shape index (κ2) is 7.62. The first-order valence-corrected chi connectivity index (χ1v) is 8.71. The summed E-state index contributed by atoms with van der Waals surface area (Å²) in [4.78, 5) is -0.606. The third-order valence-electron chi connectivity index (χ3n) is 2.84. The van der Waals surface area contributed by atoms with Gasteiger partial charge in [-0.05, 0) is 34.8 Å². The number of nitrogens with one attached hydrogen (secondary N) is 1. The van der Waals surface area contributed by atoms with Crippen LogP contribution in [0.3, 0.4) is 0 Å². The Hall–Kier alpha value is -0.570. The largest absolute Gasteiger partial charge is 0.380 e. The summed E-state index contributed by atoms with van der Waals surface area (Å²) in [6.07, 6.45) is 0. The van der Waals surface area contributed by atoms with Crippen LogP contribution in [0.5, 0.6) is 0 Å². The summed E-state index contributed by atoms with van der Waals surface area (Å²) < 4.78 is 58.9. The zero-order chi connectivity index (χ0) is 16.2. The van der Waals surface area contributed by atoms with E-state index in [2.05, 4.69) is 20.7 Å². The van der Waals surface area contributed by atoms with Gasteiger partial charge < -0.3 is 4.74 Å². The number of benzene rings is 1. The van der Waals surface area contributed by atoms with Gasteiger partial charge in [-0.15, -0.1) is 0 Å². The Morgan fingerprint density at radius 1 is 1.33 bits per heavy atom. The Morgan fingerprint density at radius 3 is 2.43 bits per heavy atom. The molecule has 1 aromatic rings. The minimum absolute atomic E-state index is 0.0476. The molecule has 21 heavy (non-hydrogen) atoms. The maximum absolute atomic E-state index is 13.8. The number of hydrogen-bond donors (Lipinski definition) is 1. The lowest BCUT2D eigenvalue weighted by atomic mass is 10.1. The Bertz CT molecular complexity index is 570. The zero-order valence-electron chi connectivity index (χ0n) is 12.0. The quantitative estimate of drug-likeness (QED) is 0.784. The van der Waals surface area contributed by atoms with Gasteiger partial charge in [-0.25, -0.2) is 21.9 Å². The topological polar surface area (TPSA) is 55.4 Å². The van der Waals surface area contributed by atoms with Crippen LogP contribution in [0, 0.1) is 17.6 Å². The van der Waals surface area contributed by atoms with E-state index in [1.54, 1.807) is 6.92 Å². The summed E-state index contributed by atoms with van der Waals surface area (Å²) in [7, 11) is -4.13. The molecule has 0 spiro atoms. The van der Waals surface area contributed by atoms with Crippen molar-refractivity contribution in [3.05, 3.63) is 28.2 Å². The van der Waals surface area contributed by atoms with E-state index in [0.29, 0.717) is 12.7 Å². The van der Waals surface area contributed by atoms with E-state index in [1.807, 2.05) is 13.8 Å². The van der Waals surface area contributed by atoms with Crippen molar-refractivity contribution in [2.24, 2.45) is 5.92 Å². The minimum atomic E-state index is -4.13. The highest BCUT2D eigenvalue weighted by molar-refractivity contribution is 9.10. The number of ether oxygens (including phenoxy) is 1. The van der Waals surface area contributed by atoms with Crippen molar-refractivity contribution in [3.8, 4) is 0 Å². The standard InChI is InChI=1S/C13H18BrF2NO3S/c1-4-20-7-12(8(2)3)17-21(18,19)13-10(14)5-9(15)6-11(13)16/h5-6,8,12,17H,4,7H2,1-3H3. The van der Waals surface area contributed by atoms with E-state index in [-0.39, 0.29) is 17.0 Å².